The van der Waals surface area contributed by atoms with E-state index in [-0.39, 0.29) is 0 Å². The Balaban J connectivity index is 2.18. The van der Waals surface area contributed by atoms with Crippen LogP contribution in [0.5, 0.6) is 0 Å². The van der Waals surface area contributed by atoms with Crippen LogP contribution in [0.15, 0.2) is 24.3 Å². The van der Waals surface area contributed by atoms with E-state index in [0.717, 1.165) is 11.6 Å². The highest BCUT2D eigenvalue weighted by molar-refractivity contribution is 6.23. The minimum atomic E-state index is 0.768. The molecule has 1 nitrogen and oxygen atoms in total. The van der Waals surface area contributed by atoms with Gasteiger partial charge in [0.2, 0.25) is 0 Å². The van der Waals surface area contributed by atoms with E-state index >= 15 is 0 Å². The predicted molar refractivity (Wildman–Crippen MR) is 57.1 cm³/mol. The second-order valence-electron chi connectivity index (χ2n) is 3.70. The zero-order chi connectivity index (χ0) is 9.10. The van der Waals surface area contributed by atoms with E-state index < -0.39 is 0 Å². The van der Waals surface area contributed by atoms with Crippen LogP contribution in [-0.2, 0) is 0 Å². The summed E-state index contributed by atoms with van der Waals surface area (Å²) < 4.78 is 0. The monoisotopic (exact) mass is 195 g/mol. The van der Waals surface area contributed by atoms with Gasteiger partial charge in [-0.2, -0.15) is 0 Å². The van der Waals surface area contributed by atoms with Gasteiger partial charge >= 0.3 is 0 Å². The summed E-state index contributed by atoms with van der Waals surface area (Å²) >= 11 is 5.56. The molecule has 1 N–H and O–H groups in total. The van der Waals surface area contributed by atoms with Crippen molar-refractivity contribution in [1.29, 1.82) is 0 Å². The first kappa shape index (κ1) is 8.89. The number of nitrogens with one attached hydrogen (secondary N) is 1. The largest absolute Gasteiger partial charge is 0.299 e. The quantitative estimate of drug-likeness (QED) is 0.706. The van der Waals surface area contributed by atoms with Crippen molar-refractivity contribution in [3.05, 3.63) is 29.8 Å². The van der Waals surface area contributed by atoms with Crippen LogP contribution in [-0.4, -0.2) is 0 Å². The van der Waals surface area contributed by atoms with Crippen molar-refractivity contribution in [2.75, 3.05) is 4.84 Å². The molecule has 0 unspecified atom stereocenters. The van der Waals surface area contributed by atoms with E-state index in [1.54, 1.807) is 0 Å². The molecule has 0 aromatic heterocycles. The Kier molecular flexibility index (Phi) is 2.74. The summed E-state index contributed by atoms with van der Waals surface area (Å²) in [5, 5.41) is 0. The Morgan fingerprint density at radius 2 is 2.00 bits per heavy atom. The lowest BCUT2D eigenvalue weighted by Crippen LogP contribution is -1.92. The molecule has 0 radical (unpaired) electrons. The van der Waals surface area contributed by atoms with Crippen LogP contribution in [0.2, 0.25) is 0 Å². The van der Waals surface area contributed by atoms with Crippen LogP contribution in [0.1, 0.15) is 37.2 Å². The Morgan fingerprint density at radius 3 is 2.69 bits per heavy atom. The van der Waals surface area contributed by atoms with E-state index in [9.17, 15) is 0 Å². The van der Waals surface area contributed by atoms with Gasteiger partial charge in [-0.1, -0.05) is 25.0 Å². The van der Waals surface area contributed by atoms with E-state index in [1.807, 2.05) is 6.07 Å². The molecule has 1 aromatic carbocycles. The average molecular weight is 196 g/mol. The molecule has 0 aliphatic heterocycles. The van der Waals surface area contributed by atoms with Crippen molar-refractivity contribution in [3.63, 3.8) is 0 Å². The van der Waals surface area contributed by atoms with Crippen LogP contribution in [0.25, 0.3) is 0 Å². The van der Waals surface area contributed by atoms with Crippen molar-refractivity contribution in [3.8, 4) is 0 Å². The lowest BCUT2D eigenvalue weighted by Gasteiger charge is -2.10. The van der Waals surface area contributed by atoms with Gasteiger partial charge in [0.15, 0.2) is 0 Å². The third kappa shape index (κ3) is 1.97. The Bertz CT molecular complexity index is 279. The molecule has 0 saturated heterocycles. The van der Waals surface area contributed by atoms with Crippen molar-refractivity contribution < 1.29 is 0 Å². The maximum absolute atomic E-state index is 5.56. The maximum Gasteiger partial charge on any atom is 0.0494 e. The minimum Gasteiger partial charge on any atom is -0.299 e. The number of benzene rings is 1. The zero-order valence-electron chi connectivity index (χ0n) is 7.59. The van der Waals surface area contributed by atoms with Gasteiger partial charge < -0.3 is 0 Å². The normalized spacial score (nSPS) is 17.6. The van der Waals surface area contributed by atoms with Gasteiger partial charge in [0.25, 0.3) is 0 Å². The number of hydrogen-bond donors (Lipinski definition) is 1. The molecule has 1 aromatic rings. The maximum atomic E-state index is 5.56. The summed E-state index contributed by atoms with van der Waals surface area (Å²) in [6.45, 7) is 0. The zero-order valence-corrected chi connectivity index (χ0v) is 8.35. The molecule has 1 aliphatic carbocycles. The molecule has 2 rings (SSSR count). The number of rotatable bonds is 2. The van der Waals surface area contributed by atoms with Gasteiger partial charge in [-0.25, -0.2) is 0 Å². The molecule has 1 aliphatic rings. The molecule has 70 valence electrons. The van der Waals surface area contributed by atoms with Crippen LogP contribution in [0.4, 0.5) is 5.69 Å². The first-order chi connectivity index (χ1) is 6.40. The van der Waals surface area contributed by atoms with Gasteiger partial charge in [-0.05, 0) is 36.5 Å². The standard InChI is InChI=1S/C11H14ClN/c12-13-11-7-3-6-10(8-11)9-4-1-2-5-9/h3,6-9,13H,1-2,4-5H2. The van der Waals surface area contributed by atoms with E-state index in [1.165, 1.54) is 31.2 Å². The van der Waals surface area contributed by atoms with Crippen LogP contribution in [0.3, 0.4) is 0 Å². The van der Waals surface area contributed by atoms with Crippen LogP contribution >= 0.6 is 11.8 Å². The fourth-order valence-electron chi connectivity index (χ4n) is 2.11. The molecule has 2 heteroatoms. The highest BCUT2D eigenvalue weighted by Gasteiger charge is 2.16. The minimum absolute atomic E-state index is 0.768. The van der Waals surface area contributed by atoms with E-state index in [0.29, 0.717) is 0 Å². The molecular weight excluding hydrogens is 182 g/mol. The van der Waals surface area contributed by atoms with Gasteiger partial charge in [-0.3, -0.25) is 4.84 Å². The van der Waals surface area contributed by atoms with Crippen molar-refractivity contribution in [2.45, 2.75) is 31.6 Å². The predicted octanol–water partition coefficient (Wildman–Crippen LogP) is 3.91. The molecule has 13 heavy (non-hydrogen) atoms. The van der Waals surface area contributed by atoms with Crippen LogP contribution in [0, 0.1) is 0 Å². The summed E-state index contributed by atoms with van der Waals surface area (Å²) in [7, 11) is 0. The summed E-state index contributed by atoms with van der Waals surface area (Å²) in [4.78, 5) is 2.66. The molecular formula is C11H14ClN. The first-order valence-corrected chi connectivity index (χ1v) is 5.24. The Labute approximate surface area is 84.2 Å². The lowest BCUT2D eigenvalue weighted by molar-refractivity contribution is 0.724. The smallest absolute Gasteiger partial charge is 0.0494 e. The highest BCUT2D eigenvalue weighted by Crippen LogP contribution is 2.34. The fraction of sp³-hybridized carbons (Fsp3) is 0.455. The summed E-state index contributed by atoms with van der Waals surface area (Å²) in [6, 6.07) is 8.42. The average Bonchev–Trinajstić information content (AvgIpc) is 2.71. The van der Waals surface area contributed by atoms with Crippen LogP contribution < -0.4 is 4.84 Å². The summed E-state index contributed by atoms with van der Waals surface area (Å²) in [6.07, 6.45) is 5.43. The second kappa shape index (κ2) is 4.01. The third-order valence-corrected chi connectivity index (χ3v) is 3.04. The Hall–Kier alpha value is -0.690. The third-order valence-electron chi connectivity index (χ3n) is 2.82. The second-order valence-corrected chi connectivity index (χ2v) is 3.89. The highest BCUT2D eigenvalue weighted by atomic mass is 35.5. The molecule has 1 saturated carbocycles. The SMILES string of the molecule is ClNc1cccc(C2CCCC2)c1. The molecule has 0 atom stereocenters. The van der Waals surface area contributed by atoms with Crippen molar-refractivity contribution in [1.82, 2.24) is 0 Å². The summed E-state index contributed by atoms with van der Waals surface area (Å²) in [5.74, 6) is 0.768. The van der Waals surface area contributed by atoms with E-state index in [4.69, 9.17) is 11.8 Å². The lowest BCUT2D eigenvalue weighted by atomic mass is 9.97. The molecule has 0 bridgehead atoms. The number of hydrogen-bond acceptors (Lipinski definition) is 1. The molecule has 1 fully saturated rings. The number of anilines is 1. The van der Waals surface area contributed by atoms with E-state index in [2.05, 4.69) is 23.0 Å². The van der Waals surface area contributed by atoms with Gasteiger partial charge in [0, 0.05) is 17.5 Å². The Morgan fingerprint density at radius 1 is 1.23 bits per heavy atom. The fourth-order valence-corrected chi connectivity index (χ4v) is 2.23. The topological polar surface area (TPSA) is 12.0 Å². The molecule has 0 amide bonds. The molecule has 0 spiro atoms. The first-order valence-electron chi connectivity index (χ1n) is 4.87. The molecule has 0 heterocycles. The van der Waals surface area contributed by atoms with Crippen molar-refractivity contribution >= 4 is 17.5 Å². The number of halogens is 1. The van der Waals surface area contributed by atoms with Crippen molar-refractivity contribution in [2.24, 2.45) is 0 Å². The summed E-state index contributed by atoms with van der Waals surface area (Å²) in [5.41, 5.74) is 2.44. The van der Waals surface area contributed by atoms with Gasteiger partial charge in [-0.15, -0.1) is 0 Å². The van der Waals surface area contributed by atoms with Gasteiger partial charge in [0.1, 0.15) is 0 Å². The van der Waals surface area contributed by atoms with Gasteiger partial charge in [0.05, 0.1) is 0 Å².